The molecule has 1 amide bonds. The molecule has 0 spiro atoms. The van der Waals surface area contributed by atoms with Gasteiger partial charge in [0.05, 0.1) is 11.1 Å². The molecule has 0 radical (unpaired) electrons. The van der Waals surface area contributed by atoms with E-state index in [1.165, 1.54) is 6.08 Å². The Morgan fingerprint density at radius 1 is 0.759 bits per heavy atom. The summed E-state index contributed by atoms with van der Waals surface area (Å²) in [6.07, 6.45) is 4.03. The van der Waals surface area contributed by atoms with Gasteiger partial charge in [0, 0.05) is 0 Å². The molecule has 1 aliphatic heterocycles. The molecule has 3 aromatic rings. The van der Waals surface area contributed by atoms with Crippen molar-refractivity contribution in [1.29, 1.82) is 0 Å². The summed E-state index contributed by atoms with van der Waals surface area (Å²) in [4.78, 5) is 29.6. The van der Waals surface area contributed by atoms with Gasteiger partial charge in [-0.3, -0.25) is 9.59 Å². The maximum Gasteiger partial charge on any atom is 0.262 e. The fraction of sp³-hybridized carbons (Fsp3) is 0.115. The van der Waals surface area contributed by atoms with Crippen molar-refractivity contribution in [1.82, 2.24) is 0 Å². The molecule has 0 aliphatic carbocycles. The van der Waals surface area contributed by atoms with Gasteiger partial charge in [0.25, 0.3) is 5.91 Å². The Balaban J connectivity index is 2.08. The van der Waals surface area contributed by atoms with E-state index in [1.54, 1.807) is 0 Å². The number of benzene rings is 3. The van der Waals surface area contributed by atoms with Gasteiger partial charge in [-0.1, -0.05) is 97.1 Å². The maximum atomic E-state index is 13.7. The molecule has 4 rings (SSSR count). The van der Waals surface area contributed by atoms with Crippen LogP contribution < -0.4 is 0 Å². The van der Waals surface area contributed by atoms with Crippen molar-refractivity contribution in [3.05, 3.63) is 120 Å². The highest BCUT2D eigenvalue weighted by molar-refractivity contribution is 6.21. The number of hydrogen-bond donors (Lipinski definition) is 0. The molecule has 0 N–H and O–H groups in total. The van der Waals surface area contributed by atoms with Gasteiger partial charge in [0.2, 0.25) is 0 Å². The van der Waals surface area contributed by atoms with Crippen molar-refractivity contribution in [3.8, 4) is 0 Å². The largest absolute Gasteiger partial charge is 0.299 e. The summed E-state index contributed by atoms with van der Waals surface area (Å²) in [7, 11) is 0. The first-order chi connectivity index (χ1) is 14.1. The lowest BCUT2D eigenvalue weighted by Crippen LogP contribution is -2.48. The summed E-state index contributed by atoms with van der Waals surface area (Å²) in [6, 6.07) is 29.1. The van der Waals surface area contributed by atoms with E-state index < -0.39 is 10.8 Å². The lowest BCUT2D eigenvalue weighted by atomic mass is 9.56. The molecule has 1 atom stereocenters. The van der Waals surface area contributed by atoms with Crippen LogP contribution >= 0.6 is 0 Å². The van der Waals surface area contributed by atoms with Crippen LogP contribution in [0.3, 0.4) is 0 Å². The van der Waals surface area contributed by atoms with E-state index in [0.717, 1.165) is 23.0 Å². The molecular formula is C26H21NO2. The van der Waals surface area contributed by atoms with Gasteiger partial charge in [-0.2, -0.15) is 0 Å². The second kappa shape index (κ2) is 7.44. The molecular weight excluding hydrogens is 358 g/mol. The Kier molecular flexibility index (Phi) is 4.81. The minimum absolute atomic E-state index is 0.230. The van der Waals surface area contributed by atoms with E-state index in [2.05, 4.69) is 4.99 Å². The van der Waals surface area contributed by atoms with E-state index in [-0.39, 0.29) is 5.91 Å². The van der Waals surface area contributed by atoms with Gasteiger partial charge in [0.1, 0.15) is 11.7 Å². The van der Waals surface area contributed by atoms with Gasteiger partial charge >= 0.3 is 0 Å². The van der Waals surface area contributed by atoms with Crippen molar-refractivity contribution < 1.29 is 9.59 Å². The zero-order valence-electron chi connectivity index (χ0n) is 16.2. The number of hydrogen-bond acceptors (Lipinski definition) is 2. The Hall–Kier alpha value is -3.59. The van der Waals surface area contributed by atoms with Crippen LogP contribution in [0.5, 0.6) is 0 Å². The Morgan fingerprint density at radius 2 is 1.24 bits per heavy atom. The smallest absolute Gasteiger partial charge is 0.262 e. The minimum atomic E-state index is -1.07. The van der Waals surface area contributed by atoms with Crippen LogP contribution in [0, 0.1) is 5.41 Å². The molecule has 3 nitrogen and oxygen atoms in total. The molecule has 1 heterocycles. The first kappa shape index (κ1) is 18.8. The predicted octanol–water partition coefficient (Wildman–Crippen LogP) is 4.76. The average Bonchev–Trinajstić information content (AvgIpc) is 3.02. The van der Waals surface area contributed by atoms with E-state index in [1.807, 2.05) is 104 Å². The summed E-state index contributed by atoms with van der Waals surface area (Å²) >= 11 is 0. The Morgan fingerprint density at radius 3 is 1.72 bits per heavy atom. The Labute approximate surface area is 170 Å². The quantitative estimate of drug-likeness (QED) is 0.474. The zero-order chi connectivity index (χ0) is 20.3. The third-order valence-corrected chi connectivity index (χ3v) is 5.77. The van der Waals surface area contributed by atoms with Crippen molar-refractivity contribution in [2.45, 2.75) is 12.3 Å². The number of rotatable bonds is 5. The highest BCUT2D eigenvalue weighted by atomic mass is 16.2. The number of nitrogens with zero attached hydrogens (tertiary/aromatic N) is 1. The molecule has 142 valence electrons. The van der Waals surface area contributed by atoms with E-state index in [4.69, 9.17) is 0 Å². The monoisotopic (exact) mass is 379 g/mol. The van der Waals surface area contributed by atoms with Gasteiger partial charge in [-0.25, -0.2) is 4.99 Å². The molecule has 29 heavy (non-hydrogen) atoms. The highest BCUT2D eigenvalue weighted by Gasteiger charge is 2.61. The lowest BCUT2D eigenvalue weighted by molar-refractivity contribution is -0.122. The normalized spacial score (nSPS) is 20.6. The topological polar surface area (TPSA) is 46.5 Å². The molecule has 0 fully saturated rings. The molecule has 0 aromatic heterocycles. The molecule has 0 saturated heterocycles. The van der Waals surface area contributed by atoms with Crippen LogP contribution in [-0.4, -0.2) is 17.9 Å². The predicted molar refractivity (Wildman–Crippen MR) is 115 cm³/mol. The number of aliphatic imine (C=N–C) groups is 1. The maximum absolute atomic E-state index is 13.7. The highest BCUT2D eigenvalue weighted by Crippen LogP contribution is 2.54. The average molecular weight is 379 g/mol. The van der Waals surface area contributed by atoms with Crippen LogP contribution in [0.15, 0.2) is 108 Å². The third-order valence-electron chi connectivity index (χ3n) is 5.77. The fourth-order valence-corrected chi connectivity index (χ4v) is 4.49. The zero-order valence-corrected chi connectivity index (χ0v) is 16.2. The molecule has 0 bridgehead atoms. The van der Waals surface area contributed by atoms with Crippen molar-refractivity contribution in [3.63, 3.8) is 0 Å². The number of amides is 1. The Bertz CT molecular complexity index is 1050. The van der Waals surface area contributed by atoms with Crippen molar-refractivity contribution in [2.24, 2.45) is 10.4 Å². The van der Waals surface area contributed by atoms with Crippen molar-refractivity contribution in [2.75, 3.05) is 0 Å². The second-order valence-corrected chi connectivity index (χ2v) is 7.31. The lowest BCUT2D eigenvalue weighted by Gasteiger charge is -2.42. The molecule has 3 aromatic carbocycles. The summed E-state index contributed by atoms with van der Waals surface area (Å²) in [6.45, 7) is 1.99. The third kappa shape index (κ3) is 2.78. The first-order valence-electron chi connectivity index (χ1n) is 9.57. The van der Waals surface area contributed by atoms with Crippen LogP contribution in [0.4, 0.5) is 0 Å². The van der Waals surface area contributed by atoms with Gasteiger partial charge in [-0.15, -0.1) is 0 Å². The minimum Gasteiger partial charge on any atom is -0.299 e. The molecule has 0 saturated carbocycles. The van der Waals surface area contributed by atoms with Gasteiger partial charge in [0.15, 0.2) is 0 Å². The first-order valence-corrected chi connectivity index (χ1v) is 9.57. The van der Waals surface area contributed by atoms with Crippen LogP contribution in [0.1, 0.15) is 23.6 Å². The summed E-state index contributed by atoms with van der Waals surface area (Å²) in [5, 5.41) is 0. The molecule has 1 unspecified atom stereocenters. The molecule has 3 heteroatoms. The number of carbonyl (C=O) groups is 2. The van der Waals surface area contributed by atoms with Crippen LogP contribution in [-0.2, 0) is 15.0 Å². The van der Waals surface area contributed by atoms with Gasteiger partial charge in [-0.05, 0) is 29.7 Å². The van der Waals surface area contributed by atoms with Gasteiger partial charge < -0.3 is 0 Å². The number of carbonyl (C=O) groups excluding carboxylic acids is 2. The standard InChI is InChI=1S/C26H21NO2/c1-25(18-11-19-28)23(20-12-5-2-6-13-20)27-24(29)26(25,21-14-7-3-8-15-21)22-16-9-4-10-17-22/h2-19H,1H3/b18-11+. The summed E-state index contributed by atoms with van der Waals surface area (Å²) in [5.74, 6) is -0.230. The van der Waals surface area contributed by atoms with E-state index in [9.17, 15) is 9.59 Å². The van der Waals surface area contributed by atoms with Crippen LogP contribution in [0.2, 0.25) is 0 Å². The SMILES string of the molecule is CC1(/C=C/C=O)C(c2ccccc2)=NC(=O)C1(c1ccccc1)c1ccccc1. The van der Waals surface area contributed by atoms with Crippen molar-refractivity contribution >= 4 is 17.9 Å². The van der Waals surface area contributed by atoms with Crippen LogP contribution in [0.25, 0.3) is 0 Å². The fourth-order valence-electron chi connectivity index (χ4n) is 4.49. The molecule has 1 aliphatic rings. The second-order valence-electron chi connectivity index (χ2n) is 7.31. The van der Waals surface area contributed by atoms with E-state index in [0.29, 0.717) is 5.71 Å². The summed E-state index contributed by atoms with van der Waals surface area (Å²) in [5.41, 5.74) is 1.31. The number of aldehydes is 1. The van der Waals surface area contributed by atoms with E-state index >= 15 is 0 Å². The summed E-state index contributed by atoms with van der Waals surface area (Å²) < 4.78 is 0. The number of allylic oxidation sites excluding steroid dienone is 2.